The van der Waals surface area contributed by atoms with Crippen molar-refractivity contribution in [3.8, 4) is 6.07 Å². The van der Waals surface area contributed by atoms with Gasteiger partial charge in [0.05, 0.1) is 16.9 Å². The number of ether oxygens (including phenoxy) is 1. The number of hydrogen-bond donors (Lipinski definition) is 1. The van der Waals surface area contributed by atoms with Crippen LogP contribution >= 0.6 is 0 Å². The number of nitrogens with zero attached hydrogens (tertiary/aromatic N) is 2. The molecule has 7 nitrogen and oxygen atoms in total. The molecule has 216 valence electrons. The van der Waals surface area contributed by atoms with Crippen molar-refractivity contribution in [1.82, 2.24) is 4.98 Å². The normalized spacial score (nSPS) is 16.9. The summed E-state index contributed by atoms with van der Waals surface area (Å²) in [4.78, 5) is 17.7. The highest BCUT2D eigenvalue weighted by Crippen LogP contribution is 2.51. The molecule has 1 aliphatic carbocycles. The van der Waals surface area contributed by atoms with Gasteiger partial charge in [0.25, 0.3) is 0 Å². The SMILES string of the molecule is N#Cc1ccc(S(=O)(=O)Cc2cccc(C(C3=C(O)C(Cc4ccccc4)(Cc4ccccc4)OC3=O)C3CC3)c2)nc1. The van der Waals surface area contributed by atoms with Crippen LogP contribution in [0.3, 0.4) is 0 Å². The fourth-order valence-electron chi connectivity index (χ4n) is 5.95. The molecule has 1 atom stereocenters. The van der Waals surface area contributed by atoms with E-state index in [9.17, 15) is 18.3 Å². The number of pyridine rings is 1. The maximum Gasteiger partial charge on any atom is 0.339 e. The van der Waals surface area contributed by atoms with E-state index in [0.717, 1.165) is 29.5 Å². The molecule has 4 aromatic rings. The Morgan fingerprint density at radius 2 is 1.53 bits per heavy atom. The molecule has 0 spiro atoms. The lowest BCUT2D eigenvalue weighted by molar-refractivity contribution is -0.148. The minimum atomic E-state index is -3.79. The predicted octanol–water partition coefficient (Wildman–Crippen LogP) is 6.01. The first kappa shape index (κ1) is 28.4. The molecule has 0 radical (unpaired) electrons. The lowest BCUT2D eigenvalue weighted by Crippen LogP contribution is -2.37. The maximum atomic E-state index is 13.7. The average Bonchev–Trinajstić information content (AvgIpc) is 3.82. The number of sulfone groups is 1. The van der Waals surface area contributed by atoms with Gasteiger partial charge in [-0.05, 0) is 53.1 Å². The Kier molecular flexibility index (Phi) is 7.59. The molecule has 2 aliphatic rings. The fourth-order valence-corrected chi connectivity index (χ4v) is 7.21. The summed E-state index contributed by atoms with van der Waals surface area (Å²) in [5.41, 5.74) is 2.45. The van der Waals surface area contributed by atoms with Crippen LogP contribution in [0.4, 0.5) is 0 Å². The number of aromatic nitrogens is 1. The second-order valence-electron chi connectivity index (χ2n) is 11.3. The molecule has 0 bridgehead atoms. The largest absolute Gasteiger partial charge is 0.507 e. The molecule has 1 N–H and O–H groups in total. The van der Waals surface area contributed by atoms with Crippen molar-refractivity contribution in [1.29, 1.82) is 5.26 Å². The van der Waals surface area contributed by atoms with Gasteiger partial charge in [-0.3, -0.25) is 0 Å². The second kappa shape index (κ2) is 11.5. The van der Waals surface area contributed by atoms with E-state index in [0.29, 0.717) is 18.4 Å². The highest BCUT2D eigenvalue weighted by atomic mass is 32.2. The number of hydrogen-bond acceptors (Lipinski definition) is 7. The van der Waals surface area contributed by atoms with Gasteiger partial charge in [0.2, 0.25) is 0 Å². The van der Waals surface area contributed by atoms with Gasteiger partial charge in [0.15, 0.2) is 20.5 Å². The molecule has 6 rings (SSSR count). The van der Waals surface area contributed by atoms with Crippen LogP contribution in [0.5, 0.6) is 0 Å². The van der Waals surface area contributed by atoms with E-state index in [1.807, 2.05) is 72.8 Å². The van der Waals surface area contributed by atoms with Crippen molar-refractivity contribution in [3.63, 3.8) is 0 Å². The van der Waals surface area contributed by atoms with Crippen LogP contribution in [0.2, 0.25) is 0 Å². The van der Waals surface area contributed by atoms with E-state index in [1.165, 1.54) is 18.3 Å². The molecule has 1 unspecified atom stereocenters. The molecule has 1 fully saturated rings. The summed E-state index contributed by atoms with van der Waals surface area (Å²) < 4.78 is 32.5. The zero-order chi connectivity index (χ0) is 30.0. The summed E-state index contributed by atoms with van der Waals surface area (Å²) in [5.74, 6) is -1.20. The number of esters is 1. The predicted molar refractivity (Wildman–Crippen MR) is 161 cm³/mol. The molecule has 3 aromatic carbocycles. The first-order valence-electron chi connectivity index (χ1n) is 14.2. The Hall–Kier alpha value is -4.74. The Bertz CT molecular complexity index is 1780. The van der Waals surface area contributed by atoms with Crippen molar-refractivity contribution in [2.24, 2.45) is 5.92 Å². The number of nitriles is 1. The zero-order valence-electron chi connectivity index (χ0n) is 23.4. The van der Waals surface area contributed by atoms with Gasteiger partial charge >= 0.3 is 5.97 Å². The number of carbonyl (C=O) groups excluding carboxylic acids is 1. The number of benzene rings is 3. The molecule has 1 saturated carbocycles. The lowest BCUT2D eigenvalue weighted by atomic mass is 9.81. The van der Waals surface area contributed by atoms with Crippen LogP contribution in [0.15, 0.2) is 120 Å². The molecule has 0 amide bonds. The number of aliphatic hydroxyl groups is 1. The highest BCUT2D eigenvalue weighted by Gasteiger charge is 2.52. The number of rotatable bonds is 10. The monoisotopic (exact) mass is 590 g/mol. The molecule has 1 aliphatic heterocycles. The van der Waals surface area contributed by atoms with Crippen LogP contribution < -0.4 is 0 Å². The first-order chi connectivity index (χ1) is 20.8. The van der Waals surface area contributed by atoms with E-state index in [4.69, 9.17) is 10.00 Å². The van der Waals surface area contributed by atoms with Crippen LogP contribution in [0, 0.1) is 17.2 Å². The van der Waals surface area contributed by atoms with Gasteiger partial charge in [-0.15, -0.1) is 0 Å². The molecule has 0 saturated heterocycles. The van der Waals surface area contributed by atoms with Gasteiger partial charge in [-0.1, -0.05) is 84.9 Å². The summed E-state index contributed by atoms with van der Waals surface area (Å²) >= 11 is 0. The minimum Gasteiger partial charge on any atom is -0.507 e. The van der Waals surface area contributed by atoms with Crippen LogP contribution in [-0.4, -0.2) is 30.1 Å². The van der Waals surface area contributed by atoms with E-state index in [2.05, 4.69) is 4.98 Å². The van der Waals surface area contributed by atoms with Crippen LogP contribution in [0.1, 0.15) is 46.6 Å². The van der Waals surface area contributed by atoms with Crippen molar-refractivity contribution in [3.05, 3.63) is 142 Å². The summed E-state index contributed by atoms with van der Waals surface area (Å²) in [5, 5.41) is 20.9. The zero-order valence-corrected chi connectivity index (χ0v) is 24.2. The van der Waals surface area contributed by atoms with E-state index < -0.39 is 27.3 Å². The number of carbonyl (C=O) groups is 1. The van der Waals surface area contributed by atoms with Gasteiger partial charge in [0.1, 0.15) is 11.8 Å². The third-order valence-electron chi connectivity index (χ3n) is 8.12. The Morgan fingerprint density at radius 3 is 2.09 bits per heavy atom. The molecular weight excluding hydrogens is 560 g/mol. The average molecular weight is 591 g/mol. The topological polar surface area (TPSA) is 117 Å². The number of aliphatic hydroxyl groups excluding tert-OH is 1. The van der Waals surface area contributed by atoms with Gasteiger partial charge in [0, 0.05) is 25.0 Å². The highest BCUT2D eigenvalue weighted by molar-refractivity contribution is 7.90. The molecule has 2 heterocycles. The van der Waals surface area contributed by atoms with Crippen molar-refractivity contribution < 1.29 is 23.1 Å². The summed E-state index contributed by atoms with van der Waals surface area (Å²) in [6.07, 6.45) is 3.65. The molecular formula is C35H30N2O5S. The molecule has 1 aromatic heterocycles. The van der Waals surface area contributed by atoms with Gasteiger partial charge in [-0.25, -0.2) is 18.2 Å². The fraction of sp³-hybridized carbons (Fsp3) is 0.229. The molecule has 8 heteroatoms. The third-order valence-corrected chi connectivity index (χ3v) is 9.71. The smallest absolute Gasteiger partial charge is 0.339 e. The standard InChI is InChI=1S/C35H30N2O5S/c36-21-27-14-17-30(37-22-27)43(40,41)23-26-12-7-13-29(18-26)31(28-15-16-28)32-33(38)35(42-34(32)39,19-24-8-3-1-4-9-24)20-25-10-5-2-6-11-25/h1-14,17-18,22,28,31,38H,15-16,19-20,23H2. The van der Waals surface area contributed by atoms with Crippen molar-refractivity contribution >= 4 is 15.8 Å². The first-order valence-corrected chi connectivity index (χ1v) is 15.9. The molecule has 43 heavy (non-hydrogen) atoms. The Morgan fingerprint density at radius 1 is 0.907 bits per heavy atom. The second-order valence-corrected chi connectivity index (χ2v) is 13.2. The lowest BCUT2D eigenvalue weighted by Gasteiger charge is -2.29. The number of cyclic esters (lactones) is 1. The quantitative estimate of drug-likeness (QED) is 0.225. The van der Waals surface area contributed by atoms with Crippen LogP contribution in [-0.2, 0) is 38.0 Å². The summed E-state index contributed by atoms with van der Waals surface area (Å²) in [6, 6.07) is 31.2. The van der Waals surface area contributed by atoms with Crippen molar-refractivity contribution in [2.75, 3.05) is 0 Å². The van der Waals surface area contributed by atoms with Gasteiger partial charge in [-0.2, -0.15) is 5.26 Å². The van der Waals surface area contributed by atoms with E-state index >= 15 is 0 Å². The maximum absolute atomic E-state index is 13.7. The van der Waals surface area contributed by atoms with Crippen LogP contribution in [0.25, 0.3) is 0 Å². The van der Waals surface area contributed by atoms with E-state index in [1.54, 1.807) is 18.2 Å². The van der Waals surface area contributed by atoms with Gasteiger partial charge < -0.3 is 9.84 Å². The summed E-state index contributed by atoms with van der Waals surface area (Å²) in [7, 11) is -3.79. The third kappa shape index (κ3) is 5.95. The minimum absolute atomic E-state index is 0.0538. The van der Waals surface area contributed by atoms with E-state index in [-0.39, 0.29) is 33.6 Å². The Balaban J connectivity index is 1.37. The summed E-state index contributed by atoms with van der Waals surface area (Å²) in [6.45, 7) is 0. The Labute approximate surface area is 251 Å². The van der Waals surface area contributed by atoms with Crippen molar-refractivity contribution in [2.45, 2.75) is 48.0 Å².